The number of aromatic nitrogens is 1. The van der Waals surface area contributed by atoms with Gasteiger partial charge in [0.05, 0.1) is 18.1 Å². The maximum absolute atomic E-state index is 12.9. The minimum Gasteiger partial charge on any atom is -0.505 e. The fourth-order valence-corrected chi connectivity index (χ4v) is 5.41. The van der Waals surface area contributed by atoms with E-state index in [4.69, 9.17) is 39.7 Å². The van der Waals surface area contributed by atoms with Gasteiger partial charge in [0.1, 0.15) is 28.7 Å². The van der Waals surface area contributed by atoms with Gasteiger partial charge in [-0.05, 0) is 63.2 Å². The van der Waals surface area contributed by atoms with Crippen LogP contribution in [0.5, 0.6) is 23.0 Å². The number of halogens is 1. The number of fused-ring (bicyclic) bond motifs is 1. The summed E-state index contributed by atoms with van der Waals surface area (Å²) in [6.45, 7) is 5.05. The maximum atomic E-state index is 12.9. The number of benzene rings is 2. The minimum atomic E-state index is -1.42. The van der Waals surface area contributed by atoms with Gasteiger partial charge in [-0.25, -0.2) is 9.59 Å². The van der Waals surface area contributed by atoms with Crippen molar-refractivity contribution in [3.8, 4) is 23.0 Å². The zero-order valence-electron chi connectivity index (χ0n) is 25.2. The predicted octanol–water partition coefficient (Wildman–Crippen LogP) is 3.87. The number of aryl methyl sites for hydroxylation is 1. The van der Waals surface area contributed by atoms with Crippen LogP contribution < -0.4 is 20.4 Å². The number of aliphatic hydroxyl groups excluding tert-OH is 1. The van der Waals surface area contributed by atoms with E-state index >= 15 is 0 Å². The zero-order chi connectivity index (χ0) is 33.5. The molecule has 0 saturated carbocycles. The lowest BCUT2D eigenvalue weighted by Gasteiger charge is -2.47. The highest BCUT2D eigenvalue weighted by molar-refractivity contribution is 6.36. The largest absolute Gasteiger partial charge is 0.505 e. The molecule has 3 heterocycles. The molecule has 0 spiro atoms. The highest BCUT2D eigenvalue weighted by Crippen LogP contribution is 2.41. The molecule has 0 aliphatic carbocycles. The Morgan fingerprint density at radius 1 is 1.07 bits per heavy atom. The number of phenols is 1. The van der Waals surface area contributed by atoms with E-state index in [-0.39, 0.29) is 44.5 Å². The monoisotopic (exact) mass is 658 g/mol. The van der Waals surface area contributed by atoms with Crippen LogP contribution in [-0.4, -0.2) is 76.6 Å². The third kappa shape index (κ3) is 6.07. The summed E-state index contributed by atoms with van der Waals surface area (Å²) in [4.78, 5) is 41.5. The van der Waals surface area contributed by atoms with E-state index < -0.39 is 59.1 Å². The van der Waals surface area contributed by atoms with Crippen LogP contribution in [-0.2, 0) is 14.2 Å². The number of hydrogen-bond donors (Lipinski definition) is 5. The van der Waals surface area contributed by atoms with Gasteiger partial charge in [-0.3, -0.25) is 4.79 Å². The molecular formula is C31H31ClN2O12. The fourth-order valence-electron chi connectivity index (χ4n) is 5.16. The number of H-pyrrole nitrogens is 1. The van der Waals surface area contributed by atoms with Crippen LogP contribution in [0.3, 0.4) is 0 Å². The Hall–Kier alpha value is -4.76. The van der Waals surface area contributed by atoms with E-state index in [0.717, 1.165) is 0 Å². The first kappa shape index (κ1) is 32.6. The number of aromatic hydroxyl groups is 2. The van der Waals surface area contributed by atoms with Crippen molar-refractivity contribution in [2.75, 3.05) is 19.5 Å². The number of methoxy groups -OCH3 is 2. The highest BCUT2D eigenvalue weighted by Gasteiger charge is 2.53. The van der Waals surface area contributed by atoms with Gasteiger partial charge in [-0.1, -0.05) is 11.6 Å². The molecule has 1 saturated heterocycles. The van der Waals surface area contributed by atoms with Gasteiger partial charge in [0.15, 0.2) is 34.6 Å². The molecule has 0 bridgehead atoms. The summed E-state index contributed by atoms with van der Waals surface area (Å²) in [7, 11) is 2.68. The molecule has 2 aromatic heterocycles. The van der Waals surface area contributed by atoms with E-state index in [0.29, 0.717) is 5.69 Å². The molecule has 4 atom stereocenters. The summed E-state index contributed by atoms with van der Waals surface area (Å²) >= 11 is 6.57. The van der Waals surface area contributed by atoms with Crippen LogP contribution in [0.25, 0.3) is 11.0 Å². The second-order valence-corrected chi connectivity index (χ2v) is 11.4. The third-order valence-electron chi connectivity index (χ3n) is 7.44. The Kier molecular flexibility index (Phi) is 8.91. The quantitative estimate of drug-likeness (QED) is 0.135. The number of ether oxygens (including phenoxy) is 5. The first-order chi connectivity index (χ1) is 21.7. The predicted molar refractivity (Wildman–Crippen MR) is 163 cm³/mol. The molecule has 5 N–H and O–H groups in total. The van der Waals surface area contributed by atoms with Crippen LogP contribution >= 0.6 is 11.6 Å². The molecule has 4 unspecified atom stereocenters. The minimum absolute atomic E-state index is 0.0188. The summed E-state index contributed by atoms with van der Waals surface area (Å²) in [5, 5.41) is 33.9. The number of carbonyl (C=O) groups excluding carboxylic acids is 2. The molecule has 0 radical (unpaired) electrons. The van der Waals surface area contributed by atoms with Crippen molar-refractivity contribution in [1.29, 1.82) is 0 Å². The Bertz CT molecular complexity index is 1870. The smallest absolute Gasteiger partial charge is 0.364 e. The Morgan fingerprint density at radius 2 is 1.80 bits per heavy atom. The van der Waals surface area contributed by atoms with Gasteiger partial charge in [0.25, 0.3) is 5.91 Å². The maximum Gasteiger partial charge on any atom is 0.364 e. The lowest BCUT2D eigenvalue weighted by Crippen LogP contribution is -2.64. The summed E-state index contributed by atoms with van der Waals surface area (Å²) in [5.74, 6) is -2.51. The number of phenolic OH excluding ortho intramolecular Hbond substituents is 1. The summed E-state index contributed by atoms with van der Waals surface area (Å²) in [6.07, 6.45) is -5.15. The first-order valence-corrected chi connectivity index (χ1v) is 14.2. The Morgan fingerprint density at radius 3 is 2.46 bits per heavy atom. The van der Waals surface area contributed by atoms with Crippen LogP contribution in [0.15, 0.2) is 51.7 Å². The van der Waals surface area contributed by atoms with Crippen molar-refractivity contribution >= 4 is 40.1 Å². The normalized spacial score (nSPS) is 20.7. The van der Waals surface area contributed by atoms with E-state index in [1.54, 1.807) is 26.8 Å². The molecule has 2 aromatic carbocycles. The first-order valence-electron chi connectivity index (χ1n) is 13.8. The molecule has 1 fully saturated rings. The van der Waals surface area contributed by atoms with Gasteiger partial charge in [0, 0.05) is 18.4 Å². The van der Waals surface area contributed by atoms with Crippen molar-refractivity contribution in [3.05, 3.63) is 74.9 Å². The van der Waals surface area contributed by atoms with Crippen molar-refractivity contribution < 1.29 is 53.0 Å². The van der Waals surface area contributed by atoms with Crippen LogP contribution in [0, 0.1) is 6.92 Å². The van der Waals surface area contributed by atoms with E-state index in [1.165, 1.54) is 50.6 Å². The van der Waals surface area contributed by atoms with Crippen LogP contribution in [0.1, 0.15) is 40.4 Å². The van der Waals surface area contributed by atoms with Crippen molar-refractivity contribution in [2.45, 2.75) is 51.0 Å². The van der Waals surface area contributed by atoms with Gasteiger partial charge in [-0.2, -0.15) is 0 Å². The number of aromatic amines is 1. The molecule has 4 aromatic rings. The number of hydrogen-bond acceptors (Lipinski definition) is 12. The molecule has 1 aliphatic heterocycles. The number of anilines is 1. The number of amides is 1. The summed E-state index contributed by atoms with van der Waals surface area (Å²) in [5.41, 5.74) is -2.25. The van der Waals surface area contributed by atoms with Crippen molar-refractivity contribution in [1.82, 2.24) is 4.98 Å². The van der Waals surface area contributed by atoms with E-state index in [1.807, 2.05) is 0 Å². The molecule has 46 heavy (non-hydrogen) atoms. The Balaban J connectivity index is 1.46. The summed E-state index contributed by atoms with van der Waals surface area (Å²) < 4.78 is 33.5. The van der Waals surface area contributed by atoms with Gasteiger partial charge in [0.2, 0.25) is 6.29 Å². The molecule has 15 heteroatoms. The topological polar surface area (TPSA) is 199 Å². The highest BCUT2D eigenvalue weighted by atomic mass is 35.5. The molecule has 5 rings (SSSR count). The SMILES string of the molecule is COc1cc(C(=O)Nc2c(O)c3ccc(OC4OC(C)(C)C(OC)C(O)C4OC(=O)c4ccc(C)[nH]4)c(Cl)c3oc2=O)ccc1O. The average molecular weight is 659 g/mol. The fraction of sp³-hybridized carbons (Fsp3) is 0.323. The lowest BCUT2D eigenvalue weighted by molar-refractivity contribution is -0.305. The standard InChI is InChI=1S/C31H31ClN2O12/c1-13-6-9-16(33-13)28(39)45-25-23(37)26(42-5)31(2,3)46-30(25)43-18-11-8-15-22(36)21(29(40)44-24(15)20(18)32)34-27(38)14-7-10-17(35)19(12-14)41-4/h6-12,23,25-26,30,33,35-37H,1-5H3,(H,34,38). The van der Waals surface area contributed by atoms with Crippen molar-refractivity contribution in [2.24, 2.45) is 0 Å². The molecule has 14 nitrogen and oxygen atoms in total. The molecule has 1 aliphatic rings. The van der Waals surface area contributed by atoms with E-state index in [9.17, 15) is 29.7 Å². The number of nitrogens with one attached hydrogen (secondary N) is 2. The number of aliphatic hydroxyl groups is 1. The lowest BCUT2D eigenvalue weighted by atomic mass is 9.89. The second kappa shape index (κ2) is 12.6. The second-order valence-electron chi connectivity index (χ2n) is 11.0. The van der Waals surface area contributed by atoms with Crippen LogP contribution in [0.4, 0.5) is 5.69 Å². The number of esters is 1. The van der Waals surface area contributed by atoms with E-state index in [2.05, 4.69) is 10.3 Å². The molecule has 1 amide bonds. The zero-order valence-corrected chi connectivity index (χ0v) is 26.0. The Labute approximate surface area is 266 Å². The van der Waals surface area contributed by atoms with Crippen LogP contribution in [0.2, 0.25) is 5.02 Å². The van der Waals surface area contributed by atoms with Gasteiger partial charge >= 0.3 is 11.6 Å². The summed E-state index contributed by atoms with van der Waals surface area (Å²) in [6, 6.07) is 9.62. The number of carbonyl (C=O) groups is 2. The molecule has 244 valence electrons. The number of rotatable bonds is 8. The average Bonchev–Trinajstić information content (AvgIpc) is 3.45. The van der Waals surface area contributed by atoms with Gasteiger partial charge in [-0.15, -0.1) is 0 Å². The van der Waals surface area contributed by atoms with Crippen molar-refractivity contribution in [3.63, 3.8) is 0 Å². The molecular weight excluding hydrogens is 628 g/mol. The van der Waals surface area contributed by atoms with Gasteiger partial charge < -0.3 is 53.7 Å². The third-order valence-corrected chi connectivity index (χ3v) is 7.80.